The number of carbonyl (C=O) groups excluding carboxylic acids is 1. The zero-order valence-electron chi connectivity index (χ0n) is 20.4. The first-order chi connectivity index (χ1) is 17.7. The van der Waals surface area contributed by atoms with Crippen molar-refractivity contribution in [1.82, 2.24) is 14.7 Å². The number of benzene rings is 2. The van der Waals surface area contributed by atoms with E-state index in [0.29, 0.717) is 23.8 Å². The van der Waals surface area contributed by atoms with E-state index in [9.17, 15) is 18.0 Å². The molecule has 0 saturated heterocycles. The van der Waals surface area contributed by atoms with Gasteiger partial charge >= 0.3 is 0 Å². The molecule has 9 nitrogen and oxygen atoms in total. The number of aromatic nitrogens is 2. The van der Waals surface area contributed by atoms with Gasteiger partial charge in [-0.3, -0.25) is 9.59 Å². The van der Waals surface area contributed by atoms with E-state index in [4.69, 9.17) is 9.47 Å². The Morgan fingerprint density at radius 2 is 1.81 bits per heavy atom. The van der Waals surface area contributed by atoms with Gasteiger partial charge in [-0.25, -0.2) is 18.1 Å². The SMILES string of the molecule is CCOc1ccc(-c2ccc(C(=O)NS(=O)(=O)c3ccc[nH]c3=O)c(Oc3ccc(C)cc3C)n2)cc1.[HH].[HH]. The molecule has 0 spiro atoms. The van der Waals surface area contributed by atoms with Gasteiger partial charge in [-0.1, -0.05) is 17.7 Å². The summed E-state index contributed by atoms with van der Waals surface area (Å²) in [7, 11) is -4.45. The summed E-state index contributed by atoms with van der Waals surface area (Å²) in [5.74, 6) is 0.0789. The first-order valence-corrected chi connectivity index (χ1v) is 12.9. The van der Waals surface area contributed by atoms with Gasteiger partial charge in [0.1, 0.15) is 17.1 Å². The standard InChI is InChI=1S/C27H25N3O6S.2H2/c1-4-35-20-10-8-19(9-11-20)22-13-12-21(27(29-22)36-23-14-7-17(2)16-18(23)3)25(31)30-37(33,34)24-6-5-15-28-26(24)32;;/h5-16H,4H2,1-3H3,(H,28,32)(H,30,31);2*1H. The second-order valence-corrected chi connectivity index (χ2v) is 9.83. The van der Waals surface area contributed by atoms with Crippen molar-refractivity contribution in [2.24, 2.45) is 0 Å². The topological polar surface area (TPSA) is 127 Å². The minimum Gasteiger partial charge on any atom is -0.494 e. The molecule has 0 radical (unpaired) electrons. The van der Waals surface area contributed by atoms with Crippen molar-refractivity contribution in [2.75, 3.05) is 6.61 Å². The number of rotatable bonds is 8. The molecule has 2 aromatic heterocycles. The van der Waals surface area contributed by atoms with Gasteiger partial charge in [0.15, 0.2) is 4.90 Å². The van der Waals surface area contributed by atoms with Crippen LogP contribution in [0, 0.1) is 13.8 Å². The average molecular weight is 524 g/mol. The molecular weight excluding hydrogens is 494 g/mol. The molecule has 2 N–H and O–H groups in total. The molecule has 0 aliphatic heterocycles. The Morgan fingerprint density at radius 3 is 2.49 bits per heavy atom. The monoisotopic (exact) mass is 523 g/mol. The molecule has 0 saturated carbocycles. The lowest BCUT2D eigenvalue weighted by molar-refractivity contribution is 0.0978. The van der Waals surface area contributed by atoms with E-state index in [1.807, 2.05) is 49.8 Å². The Balaban J connectivity index is 0.00000267. The molecule has 0 bridgehead atoms. The summed E-state index contributed by atoms with van der Waals surface area (Å²) in [6, 6.07) is 18.2. The van der Waals surface area contributed by atoms with E-state index in [1.54, 1.807) is 24.3 Å². The van der Waals surface area contributed by atoms with Crippen LogP contribution in [-0.2, 0) is 10.0 Å². The fraction of sp³-hybridized carbons (Fsp3) is 0.148. The number of H-pyrrole nitrogens is 1. The van der Waals surface area contributed by atoms with Gasteiger partial charge in [0.2, 0.25) is 5.88 Å². The smallest absolute Gasteiger partial charge is 0.270 e. The Hall–Kier alpha value is -4.44. The fourth-order valence-electron chi connectivity index (χ4n) is 3.61. The Labute approximate surface area is 217 Å². The van der Waals surface area contributed by atoms with Crippen LogP contribution in [-0.4, -0.2) is 30.9 Å². The van der Waals surface area contributed by atoms with Gasteiger partial charge in [-0.2, -0.15) is 0 Å². The number of hydrogen-bond acceptors (Lipinski definition) is 7. The highest BCUT2D eigenvalue weighted by Crippen LogP contribution is 2.30. The number of nitrogens with one attached hydrogen (secondary N) is 2. The molecular formula is C27H29N3O6S. The number of sulfonamides is 1. The Kier molecular flexibility index (Phi) is 7.40. The third-order valence-corrected chi connectivity index (χ3v) is 6.76. The van der Waals surface area contributed by atoms with Gasteiger partial charge < -0.3 is 14.5 Å². The Morgan fingerprint density at radius 1 is 1.05 bits per heavy atom. The largest absolute Gasteiger partial charge is 0.494 e. The summed E-state index contributed by atoms with van der Waals surface area (Å²) in [6.45, 7) is 6.22. The summed E-state index contributed by atoms with van der Waals surface area (Å²) in [5.41, 5.74) is 2.11. The van der Waals surface area contributed by atoms with E-state index in [-0.39, 0.29) is 14.3 Å². The van der Waals surface area contributed by atoms with Crippen LogP contribution in [0.15, 0.2) is 82.6 Å². The Bertz CT molecular complexity index is 1620. The average Bonchev–Trinajstić information content (AvgIpc) is 2.86. The van der Waals surface area contributed by atoms with Gasteiger partial charge in [-0.15, -0.1) is 0 Å². The number of hydrogen-bond donors (Lipinski definition) is 2. The van der Waals surface area contributed by atoms with Crippen LogP contribution in [0.5, 0.6) is 17.4 Å². The zero-order valence-corrected chi connectivity index (χ0v) is 21.3. The van der Waals surface area contributed by atoms with Gasteiger partial charge in [-0.05, 0) is 80.9 Å². The second-order valence-electron chi connectivity index (χ2n) is 8.18. The quantitative estimate of drug-likeness (QED) is 0.338. The van der Waals surface area contributed by atoms with Crippen molar-refractivity contribution >= 4 is 15.9 Å². The molecule has 0 fully saturated rings. The van der Waals surface area contributed by atoms with Crippen LogP contribution in [0.2, 0.25) is 0 Å². The first-order valence-electron chi connectivity index (χ1n) is 11.4. The summed E-state index contributed by atoms with van der Waals surface area (Å²) in [6.07, 6.45) is 1.29. The maximum Gasteiger partial charge on any atom is 0.270 e. The summed E-state index contributed by atoms with van der Waals surface area (Å²) in [5, 5.41) is 0. The molecule has 194 valence electrons. The maximum atomic E-state index is 13.1. The molecule has 2 heterocycles. The molecule has 1 amide bonds. The molecule has 2 aromatic carbocycles. The van der Waals surface area contributed by atoms with E-state index < -0.39 is 26.4 Å². The van der Waals surface area contributed by atoms with Crippen LogP contribution in [0.1, 0.15) is 31.3 Å². The first kappa shape index (κ1) is 25.6. The molecule has 10 heteroatoms. The lowest BCUT2D eigenvalue weighted by atomic mass is 10.1. The number of aryl methyl sites for hydroxylation is 2. The number of pyridine rings is 2. The molecule has 4 aromatic rings. The van der Waals surface area contributed by atoms with E-state index in [1.165, 1.54) is 18.3 Å². The number of aromatic amines is 1. The van der Waals surface area contributed by atoms with Gasteiger partial charge in [0.05, 0.1) is 12.3 Å². The van der Waals surface area contributed by atoms with Gasteiger partial charge in [0, 0.05) is 14.6 Å². The number of carbonyl (C=O) groups is 1. The molecule has 4 rings (SSSR count). The minimum atomic E-state index is -4.45. The van der Waals surface area contributed by atoms with Crippen molar-refractivity contribution < 1.29 is 25.5 Å². The molecule has 0 aliphatic rings. The minimum absolute atomic E-state index is 0. The number of ether oxygens (including phenoxy) is 2. The highest BCUT2D eigenvalue weighted by molar-refractivity contribution is 7.90. The van der Waals surface area contributed by atoms with Crippen molar-refractivity contribution in [1.29, 1.82) is 0 Å². The third-order valence-electron chi connectivity index (χ3n) is 5.40. The lowest BCUT2D eigenvalue weighted by Gasteiger charge is -2.14. The summed E-state index contributed by atoms with van der Waals surface area (Å²) in [4.78, 5) is 31.3. The summed E-state index contributed by atoms with van der Waals surface area (Å²) >= 11 is 0. The predicted molar refractivity (Wildman–Crippen MR) is 143 cm³/mol. The van der Waals surface area contributed by atoms with Crippen LogP contribution >= 0.6 is 0 Å². The van der Waals surface area contributed by atoms with E-state index in [2.05, 4.69) is 9.97 Å². The molecule has 37 heavy (non-hydrogen) atoms. The lowest BCUT2D eigenvalue weighted by Crippen LogP contribution is -2.34. The van der Waals surface area contributed by atoms with Gasteiger partial charge in [0.25, 0.3) is 21.5 Å². The molecule has 0 atom stereocenters. The van der Waals surface area contributed by atoms with Crippen LogP contribution in [0.3, 0.4) is 0 Å². The van der Waals surface area contributed by atoms with Crippen LogP contribution in [0.4, 0.5) is 0 Å². The molecule has 0 aliphatic carbocycles. The fourth-order valence-corrected chi connectivity index (χ4v) is 4.63. The predicted octanol–water partition coefficient (Wildman–Crippen LogP) is 4.86. The van der Waals surface area contributed by atoms with Crippen LogP contribution < -0.4 is 19.8 Å². The highest BCUT2D eigenvalue weighted by atomic mass is 32.2. The van der Waals surface area contributed by atoms with E-state index >= 15 is 0 Å². The van der Waals surface area contributed by atoms with Crippen molar-refractivity contribution in [2.45, 2.75) is 25.7 Å². The summed E-state index contributed by atoms with van der Waals surface area (Å²) < 4.78 is 38.9. The molecule has 0 unspecified atom stereocenters. The zero-order chi connectivity index (χ0) is 26.6. The van der Waals surface area contributed by atoms with Crippen molar-refractivity contribution in [3.63, 3.8) is 0 Å². The number of amides is 1. The van der Waals surface area contributed by atoms with E-state index in [0.717, 1.165) is 22.8 Å². The highest BCUT2D eigenvalue weighted by Gasteiger charge is 2.25. The maximum absolute atomic E-state index is 13.1. The second kappa shape index (κ2) is 10.7. The normalized spacial score (nSPS) is 11.1. The van der Waals surface area contributed by atoms with Crippen molar-refractivity contribution in [3.8, 4) is 28.6 Å². The van der Waals surface area contributed by atoms with Crippen molar-refractivity contribution in [3.05, 3.63) is 100.0 Å². The number of nitrogens with zero attached hydrogens (tertiary/aromatic N) is 1. The third kappa shape index (κ3) is 5.87. The van der Waals surface area contributed by atoms with Crippen LogP contribution in [0.25, 0.3) is 11.3 Å².